The number of aliphatic carboxylic acids is 1. The van der Waals surface area contributed by atoms with Crippen molar-refractivity contribution < 1.29 is 14.7 Å². The normalized spacial score (nSPS) is 13.1. The second-order valence-corrected chi connectivity index (χ2v) is 6.27. The van der Waals surface area contributed by atoms with Crippen molar-refractivity contribution in [3.8, 4) is 0 Å². The van der Waals surface area contributed by atoms with Crippen molar-refractivity contribution in [2.24, 2.45) is 12.5 Å². The number of amides is 1. The minimum atomic E-state index is -1.01. The number of hydrogen-bond donors (Lipinski definition) is 2. The van der Waals surface area contributed by atoms with E-state index in [-0.39, 0.29) is 5.41 Å². The van der Waals surface area contributed by atoms with Gasteiger partial charge in [0.05, 0.1) is 11.3 Å². The molecule has 1 atom stereocenters. The molecular formula is C14H23N3O3. The van der Waals surface area contributed by atoms with Crippen LogP contribution in [0.2, 0.25) is 0 Å². The van der Waals surface area contributed by atoms with Gasteiger partial charge < -0.3 is 10.4 Å². The number of aromatic nitrogens is 2. The average Bonchev–Trinajstić information content (AvgIpc) is 2.61. The van der Waals surface area contributed by atoms with Crippen LogP contribution in [0.15, 0.2) is 6.20 Å². The molecule has 0 saturated carbocycles. The molecule has 0 spiro atoms. The maximum Gasteiger partial charge on any atom is 0.326 e. The molecule has 0 saturated heterocycles. The van der Waals surface area contributed by atoms with E-state index < -0.39 is 17.9 Å². The van der Waals surface area contributed by atoms with Gasteiger partial charge in [0.15, 0.2) is 0 Å². The number of rotatable bonds is 5. The Hall–Kier alpha value is -1.85. The zero-order valence-corrected chi connectivity index (χ0v) is 12.7. The maximum absolute atomic E-state index is 12.1. The Morgan fingerprint density at radius 1 is 1.45 bits per heavy atom. The average molecular weight is 281 g/mol. The first kappa shape index (κ1) is 16.2. The van der Waals surface area contributed by atoms with Crippen LogP contribution in [0.5, 0.6) is 0 Å². The third kappa shape index (κ3) is 4.68. The van der Waals surface area contributed by atoms with Crippen LogP contribution in [-0.2, 0) is 11.8 Å². The summed E-state index contributed by atoms with van der Waals surface area (Å²) < 4.78 is 1.54. The fraction of sp³-hybridized carbons (Fsp3) is 0.643. The molecule has 0 radical (unpaired) electrons. The van der Waals surface area contributed by atoms with Gasteiger partial charge in [-0.15, -0.1) is 0 Å². The summed E-state index contributed by atoms with van der Waals surface area (Å²) >= 11 is 0. The second-order valence-electron chi connectivity index (χ2n) is 6.27. The molecule has 1 rings (SSSR count). The molecule has 1 unspecified atom stereocenters. The van der Waals surface area contributed by atoms with E-state index in [0.717, 1.165) is 6.42 Å². The second kappa shape index (κ2) is 6.07. The molecule has 1 aromatic rings. The fourth-order valence-corrected chi connectivity index (χ4v) is 1.89. The minimum Gasteiger partial charge on any atom is -0.480 e. The van der Waals surface area contributed by atoms with Crippen LogP contribution in [-0.4, -0.2) is 32.8 Å². The Labute approximate surface area is 119 Å². The summed E-state index contributed by atoms with van der Waals surface area (Å²) in [5.41, 5.74) is 1.03. The van der Waals surface area contributed by atoms with Crippen molar-refractivity contribution in [3.05, 3.63) is 17.5 Å². The number of carbonyl (C=O) groups excluding carboxylic acids is 1. The van der Waals surface area contributed by atoms with E-state index in [2.05, 4.69) is 10.4 Å². The molecule has 20 heavy (non-hydrogen) atoms. The summed E-state index contributed by atoms with van der Waals surface area (Å²) in [4.78, 5) is 23.3. The summed E-state index contributed by atoms with van der Waals surface area (Å²) in [5.74, 6) is -1.40. The smallest absolute Gasteiger partial charge is 0.326 e. The number of carboxylic acid groups (broad SMARTS) is 1. The van der Waals surface area contributed by atoms with E-state index in [4.69, 9.17) is 0 Å². The summed E-state index contributed by atoms with van der Waals surface area (Å²) in [6, 6.07) is -0.874. The lowest BCUT2D eigenvalue weighted by Gasteiger charge is -2.21. The zero-order valence-electron chi connectivity index (χ0n) is 12.7. The van der Waals surface area contributed by atoms with Crippen molar-refractivity contribution in [1.29, 1.82) is 0 Å². The van der Waals surface area contributed by atoms with Gasteiger partial charge in [0.25, 0.3) is 5.91 Å². The van der Waals surface area contributed by atoms with E-state index in [1.807, 2.05) is 20.8 Å². The fourth-order valence-electron chi connectivity index (χ4n) is 1.89. The van der Waals surface area contributed by atoms with Crippen LogP contribution in [0.1, 0.15) is 49.7 Å². The third-order valence-corrected chi connectivity index (χ3v) is 3.04. The predicted molar refractivity (Wildman–Crippen MR) is 75.5 cm³/mol. The van der Waals surface area contributed by atoms with Crippen LogP contribution in [0.3, 0.4) is 0 Å². The molecule has 1 aromatic heterocycles. The monoisotopic (exact) mass is 281 g/mol. The van der Waals surface area contributed by atoms with Crippen LogP contribution < -0.4 is 5.32 Å². The molecular weight excluding hydrogens is 258 g/mol. The van der Waals surface area contributed by atoms with Gasteiger partial charge in [-0.2, -0.15) is 5.10 Å². The summed E-state index contributed by atoms with van der Waals surface area (Å²) in [6.45, 7) is 7.84. The number of nitrogens with zero attached hydrogens (tertiary/aromatic N) is 2. The molecule has 6 heteroatoms. The highest BCUT2D eigenvalue weighted by molar-refractivity contribution is 5.97. The number of carbonyl (C=O) groups is 2. The number of hydrogen-bond acceptors (Lipinski definition) is 3. The lowest BCUT2D eigenvalue weighted by Crippen LogP contribution is -2.41. The van der Waals surface area contributed by atoms with Crippen molar-refractivity contribution in [1.82, 2.24) is 15.1 Å². The van der Waals surface area contributed by atoms with Gasteiger partial charge in [0.2, 0.25) is 0 Å². The third-order valence-electron chi connectivity index (χ3n) is 3.04. The summed E-state index contributed by atoms with van der Waals surface area (Å²) in [5, 5.41) is 15.9. The topological polar surface area (TPSA) is 84.2 Å². The van der Waals surface area contributed by atoms with Gasteiger partial charge in [0.1, 0.15) is 6.04 Å². The minimum absolute atomic E-state index is 0.0304. The van der Waals surface area contributed by atoms with E-state index >= 15 is 0 Å². The van der Waals surface area contributed by atoms with Crippen molar-refractivity contribution >= 4 is 11.9 Å². The van der Waals surface area contributed by atoms with Gasteiger partial charge in [0, 0.05) is 13.2 Å². The molecule has 0 aromatic carbocycles. The highest BCUT2D eigenvalue weighted by Gasteiger charge is 2.24. The van der Waals surface area contributed by atoms with Crippen molar-refractivity contribution in [2.75, 3.05) is 0 Å². The number of aryl methyl sites for hydroxylation is 2. The van der Waals surface area contributed by atoms with Crippen molar-refractivity contribution in [2.45, 2.75) is 46.6 Å². The van der Waals surface area contributed by atoms with E-state index in [0.29, 0.717) is 17.7 Å². The predicted octanol–water partition coefficient (Wildman–Crippen LogP) is 1.74. The molecule has 2 N–H and O–H groups in total. The molecule has 1 amide bonds. The molecule has 0 aliphatic rings. The highest BCUT2D eigenvalue weighted by atomic mass is 16.4. The van der Waals surface area contributed by atoms with Crippen LogP contribution in [0.4, 0.5) is 0 Å². The first-order valence-corrected chi connectivity index (χ1v) is 6.64. The SMILES string of the molecule is Cc1nn(C)cc1C(=O)NC(CCC(C)(C)C)C(=O)O. The van der Waals surface area contributed by atoms with Crippen molar-refractivity contribution in [3.63, 3.8) is 0 Å². The molecule has 1 heterocycles. The quantitative estimate of drug-likeness (QED) is 0.861. The number of carboxylic acids is 1. The van der Waals surface area contributed by atoms with E-state index in [1.165, 1.54) is 4.68 Å². The van der Waals surface area contributed by atoms with Crippen LogP contribution in [0.25, 0.3) is 0 Å². The largest absolute Gasteiger partial charge is 0.480 e. The van der Waals surface area contributed by atoms with E-state index in [1.54, 1.807) is 20.2 Å². The Kier molecular flexibility index (Phi) is 4.92. The molecule has 0 bridgehead atoms. The van der Waals surface area contributed by atoms with Gasteiger partial charge in [-0.1, -0.05) is 20.8 Å². The Morgan fingerprint density at radius 2 is 2.05 bits per heavy atom. The van der Waals surface area contributed by atoms with E-state index in [9.17, 15) is 14.7 Å². The zero-order chi connectivity index (χ0) is 15.5. The maximum atomic E-state index is 12.1. The molecule has 0 aliphatic carbocycles. The molecule has 112 valence electrons. The molecule has 0 aliphatic heterocycles. The van der Waals surface area contributed by atoms with Crippen LogP contribution >= 0.6 is 0 Å². The number of nitrogens with one attached hydrogen (secondary N) is 1. The first-order chi connectivity index (χ1) is 9.10. The summed E-state index contributed by atoms with van der Waals surface area (Å²) in [6.07, 6.45) is 2.72. The Morgan fingerprint density at radius 3 is 2.45 bits per heavy atom. The lowest BCUT2D eigenvalue weighted by atomic mass is 9.88. The molecule has 6 nitrogen and oxygen atoms in total. The Bertz CT molecular complexity index is 500. The molecule has 0 fully saturated rings. The van der Waals surface area contributed by atoms with Crippen LogP contribution in [0, 0.1) is 12.3 Å². The van der Waals surface area contributed by atoms with Gasteiger partial charge in [-0.3, -0.25) is 9.48 Å². The Balaban J connectivity index is 2.73. The van der Waals surface area contributed by atoms with Gasteiger partial charge >= 0.3 is 5.97 Å². The first-order valence-electron chi connectivity index (χ1n) is 6.64. The standard InChI is InChI=1S/C14H23N3O3/c1-9-10(8-17(5)16-9)12(18)15-11(13(19)20)6-7-14(2,3)4/h8,11H,6-7H2,1-5H3,(H,15,18)(H,19,20). The highest BCUT2D eigenvalue weighted by Crippen LogP contribution is 2.21. The summed E-state index contributed by atoms with van der Waals surface area (Å²) in [7, 11) is 1.72. The van der Waals surface area contributed by atoms with Gasteiger partial charge in [-0.05, 0) is 25.2 Å². The van der Waals surface area contributed by atoms with Gasteiger partial charge in [-0.25, -0.2) is 4.79 Å². The lowest BCUT2D eigenvalue weighted by molar-refractivity contribution is -0.139.